The zero-order valence-electron chi connectivity index (χ0n) is 13.1. The molecule has 2 aromatic carbocycles. The summed E-state index contributed by atoms with van der Waals surface area (Å²) in [6, 6.07) is 14.7. The maximum atomic E-state index is 12.4. The van der Waals surface area contributed by atoms with Crippen molar-refractivity contribution < 1.29 is 9.90 Å². The topological polar surface area (TPSA) is 49.7 Å². The molecular formula is C19H16ClNO2S. The van der Waals surface area contributed by atoms with Crippen molar-refractivity contribution in [3.05, 3.63) is 70.3 Å². The molecule has 0 heterocycles. The second-order valence-electron chi connectivity index (χ2n) is 5.37. The van der Waals surface area contributed by atoms with E-state index < -0.39 is 0 Å². The van der Waals surface area contributed by atoms with Gasteiger partial charge in [-0.25, -0.2) is 0 Å². The van der Waals surface area contributed by atoms with Gasteiger partial charge in [-0.3, -0.25) is 9.79 Å². The lowest BCUT2D eigenvalue weighted by molar-refractivity contribution is 0.104. The number of halogens is 1. The number of aliphatic hydroxyl groups is 1. The number of aliphatic imine (C=N–C) groups is 1. The highest BCUT2D eigenvalue weighted by Gasteiger charge is 2.30. The van der Waals surface area contributed by atoms with E-state index >= 15 is 0 Å². The number of nitrogens with zero attached hydrogens (tertiary/aromatic N) is 1. The Morgan fingerprint density at radius 2 is 1.79 bits per heavy atom. The number of hydrogen-bond acceptors (Lipinski definition) is 4. The lowest BCUT2D eigenvalue weighted by atomic mass is 10.1. The molecule has 0 radical (unpaired) electrons. The van der Waals surface area contributed by atoms with Crippen LogP contribution in [0.1, 0.15) is 22.8 Å². The number of benzene rings is 2. The third kappa shape index (κ3) is 3.40. The Bertz CT molecular complexity index is 841. The quantitative estimate of drug-likeness (QED) is 0.462. The molecule has 0 atom stereocenters. The van der Waals surface area contributed by atoms with Crippen molar-refractivity contribution >= 4 is 40.6 Å². The van der Waals surface area contributed by atoms with Crippen LogP contribution in [0.5, 0.6) is 0 Å². The predicted octanol–water partition coefficient (Wildman–Crippen LogP) is 5.06. The minimum atomic E-state index is -0.158. The van der Waals surface area contributed by atoms with Crippen molar-refractivity contribution in [1.82, 2.24) is 0 Å². The van der Waals surface area contributed by atoms with E-state index in [1.165, 1.54) is 0 Å². The van der Waals surface area contributed by atoms with Gasteiger partial charge in [-0.15, -0.1) is 11.8 Å². The van der Waals surface area contributed by atoms with Crippen LogP contribution in [0.4, 0.5) is 0 Å². The van der Waals surface area contributed by atoms with E-state index in [1.54, 1.807) is 43.0 Å². The van der Waals surface area contributed by atoms with Crippen LogP contribution < -0.4 is 0 Å². The number of fused-ring (bicyclic) bond motifs is 1. The van der Waals surface area contributed by atoms with E-state index in [4.69, 9.17) is 11.6 Å². The molecule has 24 heavy (non-hydrogen) atoms. The fourth-order valence-electron chi connectivity index (χ4n) is 2.59. The molecular weight excluding hydrogens is 342 g/mol. The maximum Gasteiger partial charge on any atom is 0.199 e. The van der Waals surface area contributed by atoms with Crippen LogP contribution in [0.3, 0.4) is 0 Å². The molecule has 0 amide bonds. The zero-order chi connectivity index (χ0) is 17.1. The molecule has 5 heteroatoms. The Labute approximate surface area is 150 Å². The van der Waals surface area contributed by atoms with E-state index in [9.17, 15) is 9.90 Å². The fraction of sp³-hybridized carbons (Fsp3) is 0.158. The Hall–Kier alpha value is -2.04. The molecule has 3 nitrogen and oxygen atoms in total. The second-order valence-corrected chi connectivity index (χ2v) is 6.97. The number of hydrogen-bond donors (Lipinski definition) is 1. The van der Waals surface area contributed by atoms with Crippen LogP contribution in [-0.2, 0) is 0 Å². The monoisotopic (exact) mass is 357 g/mol. The number of aliphatic hydroxyl groups excluding tert-OH is 1. The third-order valence-electron chi connectivity index (χ3n) is 3.78. The van der Waals surface area contributed by atoms with E-state index in [0.717, 1.165) is 15.7 Å². The van der Waals surface area contributed by atoms with Crippen molar-refractivity contribution in [2.24, 2.45) is 4.99 Å². The summed E-state index contributed by atoms with van der Waals surface area (Å²) in [6.07, 6.45) is 0. The van der Waals surface area contributed by atoms with Gasteiger partial charge in [-0.2, -0.15) is 0 Å². The average molecular weight is 358 g/mol. The molecule has 0 fully saturated rings. The van der Waals surface area contributed by atoms with Gasteiger partial charge in [0.05, 0.1) is 5.57 Å². The molecule has 1 aliphatic rings. The van der Waals surface area contributed by atoms with E-state index in [1.807, 2.05) is 24.3 Å². The summed E-state index contributed by atoms with van der Waals surface area (Å²) < 4.78 is 0. The Morgan fingerprint density at radius 3 is 2.46 bits per heavy atom. The highest BCUT2D eigenvalue weighted by Crippen LogP contribution is 2.31. The van der Waals surface area contributed by atoms with Gasteiger partial charge in [0.25, 0.3) is 0 Å². The van der Waals surface area contributed by atoms with Gasteiger partial charge >= 0.3 is 0 Å². The highest BCUT2D eigenvalue weighted by atomic mass is 35.5. The van der Waals surface area contributed by atoms with Gasteiger partial charge in [0.2, 0.25) is 0 Å². The number of ketones is 1. The van der Waals surface area contributed by atoms with Crippen LogP contribution in [0.25, 0.3) is 5.76 Å². The minimum Gasteiger partial charge on any atom is -0.506 e. The number of carbonyl (C=O) groups is 1. The zero-order valence-corrected chi connectivity index (χ0v) is 14.7. The Balaban J connectivity index is 1.65. The van der Waals surface area contributed by atoms with E-state index in [2.05, 4.69) is 4.99 Å². The largest absolute Gasteiger partial charge is 0.506 e. The molecule has 1 aliphatic carbocycles. The standard InChI is InChI=1S/C19H16ClNO2S/c1-12(21-10-11-24-14-8-6-13(20)7-9-14)17-18(22)15-4-2-3-5-16(15)19(17)23/h2-9,22H,10-11H2,1H3. The van der Waals surface area contributed by atoms with Crippen molar-refractivity contribution in [2.75, 3.05) is 12.3 Å². The minimum absolute atomic E-state index is 0.0298. The summed E-state index contributed by atoms with van der Waals surface area (Å²) in [6.45, 7) is 2.34. The van der Waals surface area contributed by atoms with Gasteiger partial charge in [0.1, 0.15) is 5.76 Å². The van der Waals surface area contributed by atoms with Crippen LogP contribution in [0, 0.1) is 0 Å². The van der Waals surface area contributed by atoms with Crippen LogP contribution in [0.2, 0.25) is 5.02 Å². The summed E-state index contributed by atoms with van der Waals surface area (Å²) in [5.41, 5.74) is 2.01. The maximum absolute atomic E-state index is 12.4. The van der Waals surface area contributed by atoms with Gasteiger partial charge < -0.3 is 5.11 Å². The molecule has 2 aromatic rings. The summed E-state index contributed by atoms with van der Waals surface area (Å²) in [7, 11) is 0. The number of carbonyl (C=O) groups excluding carboxylic acids is 1. The Morgan fingerprint density at radius 1 is 1.12 bits per heavy atom. The molecule has 0 spiro atoms. The number of rotatable bonds is 5. The van der Waals surface area contributed by atoms with Crippen LogP contribution in [-0.4, -0.2) is 28.9 Å². The lowest BCUT2D eigenvalue weighted by Gasteiger charge is -2.03. The highest BCUT2D eigenvalue weighted by molar-refractivity contribution is 7.99. The Kier molecular flexibility index (Phi) is 5.07. The van der Waals surface area contributed by atoms with Crippen LogP contribution >= 0.6 is 23.4 Å². The molecule has 3 rings (SSSR count). The van der Waals surface area contributed by atoms with E-state index in [0.29, 0.717) is 29.0 Å². The third-order valence-corrected chi connectivity index (χ3v) is 5.02. The van der Waals surface area contributed by atoms with Crippen molar-refractivity contribution in [3.63, 3.8) is 0 Å². The first kappa shape index (κ1) is 16.8. The van der Waals surface area contributed by atoms with Gasteiger partial charge in [0.15, 0.2) is 5.78 Å². The molecule has 0 aromatic heterocycles. The number of Topliss-reactive ketones (excluding diaryl/α,β-unsaturated/α-hetero) is 1. The molecule has 122 valence electrons. The van der Waals surface area contributed by atoms with Crippen molar-refractivity contribution in [1.29, 1.82) is 0 Å². The number of allylic oxidation sites excluding steroid dienone is 1. The second kappa shape index (κ2) is 7.24. The fourth-order valence-corrected chi connectivity index (χ4v) is 3.46. The molecule has 0 unspecified atom stereocenters. The van der Waals surface area contributed by atoms with Crippen molar-refractivity contribution in [2.45, 2.75) is 11.8 Å². The van der Waals surface area contributed by atoms with Crippen LogP contribution in [0.15, 0.2) is 64.0 Å². The smallest absolute Gasteiger partial charge is 0.199 e. The van der Waals surface area contributed by atoms with Gasteiger partial charge in [0, 0.05) is 39.1 Å². The molecule has 0 aliphatic heterocycles. The SMILES string of the molecule is CC(=NCCSc1ccc(Cl)cc1)C1=C(O)c2ccccc2C1=O. The summed E-state index contributed by atoms with van der Waals surface area (Å²) in [5, 5.41) is 11.0. The van der Waals surface area contributed by atoms with E-state index in [-0.39, 0.29) is 11.5 Å². The van der Waals surface area contributed by atoms with Crippen molar-refractivity contribution in [3.8, 4) is 0 Å². The molecule has 0 saturated heterocycles. The van der Waals surface area contributed by atoms with Gasteiger partial charge in [-0.05, 0) is 31.2 Å². The lowest BCUT2D eigenvalue weighted by Crippen LogP contribution is -2.08. The first-order valence-corrected chi connectivity index (χ1v) is 8.91. The van der Waals surface area contributed by atoms with Gasteiger partial charge in [-0.1, -0.05) is 35.9 Å². The normalized spacial score (nSPS) is 14.2. The predicted molar refractivity (Wildman–Crippen MR) is 100 cm³/mol. The number of thioether (sulfide) groups is 1. The first-order valence-electron chi connectivity index (χ1n) is 7.55. The first-order chi connectivity index (χ1) is 11.6. The molecule has 0 bridgehead atoms. The average Bonchev–Trinajstić information content (AvgIpc) is 2.85. The summed E-state index contributed by atoms with van der Waals surface area (Å²) in [5.74, 6) is 0.658. The summed E-state index contributed by atoms with van der Waals surface area (Å²) in [4.78, 5) is 18.0. The molecule has 1 N–H and O–H groups in total. The summed E-state index contributed by atoms with van der Waals surface area (Å²) >= 11 is 7.53. The molecule has 0 saturated carbocycles.